The van der Waals surface area contributed by atoms with Gasteiger partial charge in [-0.25, -0.2) is 18.4 Å². The Kier molecular flexibility index (Phi) is 6.57. The molecule has 0 radical (unpaired) electrons. The molecule has 3 aromatic carbocycles. The molecule has 0 saturated carbocycles. The van der Waals surface area contributed by atoms with Crippen molar-refractivity contribution in [1.82, 2.24) is 9.97 Å². The van der Waals surface area contributed by atoms with Gasteiger partial charge in [-0.2, -0.15) is 0 Å². The van der Waals surface area contributed by atoms with Gasteiger partial charge in [0, 0.05) is 22.7 Å². The number of nitrogens with one attached hydrogen (secondary N) is 2. The number of aldehydes is 1. The van der Waals surface area contributed by atoms with Gasteiger partial charge in [-0.1, -0.05) is 30.3 Å². The number of carbonyl (C=O) groups excluding carboxylic acids is 1. The predicted octanol–water partition coefficient (Wildman–Crippen LogP) is 5.40. The zero-order valence-electron chi connectivity index (χ0n) is 19.7. The van der Waals surface area contributed by atoms with Crippen LogP contribution in [0.2, 0.25) is 0 Å². The van der Waals surface area contributed by atoms with Crippen molar-refractivity contribution < 1.29 is 22.4 Å². The molecular weight excluding hydrogens is 492 g/mol. The number of fused-ring (bicyclic) bond motifs is 1. The fraction of sp³-hybridized carbons (Fsp3) is 0.0741. The van der Waals surface area contributed by atoms with E-state index in [-0.39, 0.29) is 12.4 Å². The standard InChI is InChI=1S/C27H22N4O5S/c1-37(33,34)31-24-11-8-20(14-26(24)35-16-18-5-3-2-4-6-18)30-27-22-13-19(7-10-23(22)28-17-29-27)25-12-9-21(15-32)36-25/h2-15,17,31H,16H2,1H3,(H,28,29,30). The van der Waals surface area contributed by atoms with Crippen LogP contribution in [0.1, 0.15) is 16.1 Å². The number of carbonyl (C=O) groups is 1. The monoisotopic (exact) mass is 514 g/mol. The molecule has 0 spiro atoms. The Morgan fingerprint density at radius 2 is 1.81 bits per heavy atom. The van der Waals surface area contributed by atoms with Gasteiger partial charge in [-0.3, -0.25) is 9.52 Å². The quantitative estimate of drug-likeness (QED) is 0.251. The SMILES string of the molecule is CS(=O)(=O)Nc1ccc(Nc2ncnc3ccc(-c4ccc(C=O)o4)cc23)cc1OCc1ccccc1. The topological polar surface area (TPSA) is 123 Å². The Morgan fingerprint density at radius 1 is 0.973 bits per heavy atom. The van der Waals surface area contributed by atoms with E-state index in [1.54, 1.807) is 30.3 Å². The van der Waals surface area contributed by atoms with Gasteiger partial charge < -0.3 is 14.5 Å². The van der Waals surface area contributed by atoms with Crippen LogP contribution in [0.4, 0.5) is 17.2 Å². The van der Waals surface area contributed by atoms with E-state index in [9.17, 15) is 13.2 Å². The highest BCUT2D eigenvalue weighted by molar-refractivity contribution is 7.92. The molecule has 2 heterocycles. The first-order valence-corrected chi connectivity index (χ1v) is 13.1. The normalized spacial score (nSPS) is 11.3. The Labute approximate surface area is 213 Å². The molecule has 5 rings (SSSR count). The maximum Gasteiger partial charge on any atom is 0.229 e. The number of anilines is 3. The highest BCUT2D eigenvalue weighted by Crippen LogP contribution is 2.33. The summed E-state index contributed by atoms with van der Waals surface area (Å²) in [5, 5.41) is 4.01. The number of benzene rings is 3. The molecule has 0 fully saturated rings. The fourth-order valence-electron chi connectivity index (χ4n) is 3.76. The summed E-state index contributed by atoms with van der Waals surface area (Å²) in [6.07, 6.45) is 3.19. The zero-order valence-corrected chi connectivity index (χ0v) is 20.5. The number of aromatic nitrogens is 2. The highest BCUT2D eigenvalue weighted by atomic mass is 32.2. The Bertz CT molecular complexity index is 1680. The number of nitrogens with zero attached hydrogens (tertiary/aromatic N) is 2. The van der Waals surface area contributed by atoms with Gasteiger partial charge in [0.15, 0.2) is 12.0 Å². The molecule has 0 unspecified atom stereocenters. The minimum absolute atomic E-state index is 0.239. The molecule has 0 saturated heterocycles. The second-order valence-electron chi connectivity index (χ2n) is 8.26. The van der Waals surface area contributed by atoms with Crippen molar-refractivity contribution in [1.29, 1.82) is 0 Å². The van der Waals surface area contributed by atoms with Crippen LogP contribution in [-0.4, -0.2) is 30.9 Å². The minimum atomic E-state index is -3.52. The molecule has 0 bridgehead atoms. The van der Waals surface area contributed by atoms with Crippen LogP contribution >= 0.6 is 0 Å². The van der Waals surface area contributed by atoms with E-state index < -0.39 is 10.0 Å². The summed E-state index contributed by atoms with van der Waals surface area (Å²) in [6, 6.07) is 23.5. The Balaban J connectivity index is 1.48. The van der Waals surface area contributed by atoms with Crippen LogP contribution in [0, 0.1) is 0 Å². The number of sulfonamides is 1. The molecule has 0 amide bonds. The molecule has 0 aliphatic heterocycles. The van der Waals surface area contributed by atoms with Gasteiger partial charge in [0.2, 0.25) is 10.0 Å². The molecule has 5 aromatic rings. The largest absolute Gasteiger partial charge is 0.487 e. The van der Waals surface area contributed by atoms with Crippen molar-refractivity contribution >= 4 is 44.4 Å². The van der Waals surface area contributed by atoms with Crippen LogP contribution in [0.3, 0.4) is 0 Å². The Hall–Kier alpha value is -4.70. The average Bonchev–Trinajstić information content (AvgIpc) is 3.38. The van der Waals surface area contributed by atoms with Crippen molar-refractivity contribution in [2.24, 2.45) is 0 Å². The molecule has 186 valence electrons. The number of ether oxygens (including phenoxy) is 1. The van der Waals surface area contributed by atoms with Gasteiger partial charge in [-0.05, 0) is 48.0 Å². The third-order valence-corrected chi connectivity index (χ3v) is 6.03. The molecular formula is C27H22N4O5S. The summed E-state index contributed by atoms with van der Waals surface area (Å²) in [5.74, 6) is 1.68. The summed E-state index contributed by atoms with van der Waals surface area (Å²) in [4.78, 5) is 19.7. The first kappa shape index (κ1) is 24.0. The van der Waals surface area contributed by atoms with Gasteiger partial charge in [0.1, 0.15) is 30.3 Å². The van der Waals surface area contributed by atoms with E-state index in [2.05, 4.69) is 20.0 Å². The molecule has 0 aliphatic rings. The molecule has 2 N–H and O–H groups in total. The summed E-state index contributed by atoms with van der Waals surface area (Å²) in [7, 11) is -3.52. The van der Waals surface area contributed by atoms with E-state index in [1.165, 1.54) is 6.33 Å². The maximum absolute atomic E-state index is 11.9. The van der Waals surface area contributed by atoms with Crippen molar-refractivity contribution in [2.45, 2.75) is 6.61 Å². The highest BCUT2D eigenvalue weighted by Gasteiger charge is 2.13. The van der Waals surface area contributed by atoms with E-state index in [1.807, 2.05) is 48.5 Å². The lowest BCUT2D eigenvalue weighted by Gasteiger charge is -2.15. The van der Waals surface area contributed by atoms with E-state index >= 15 is 0 Å². The van der Waals surface area contributed by atoms with Crippen LogP contribution < -0.4 is 14.8 Å². The molecule has 10 heteroatoms. The van der Waals surface area contributed by atoms with Gasteiger partial charge in [0.05, 0.1) is 17.5 Å². The summed E-state index contributed by atoms with van der Waals surface area (Å²) >= 11 is 0. The summed E-state index contributed by atoms with van der Waals surface area (Å²) in [6.45, 7) is 0.258. The van der Waals surface area contributed by atoms with E-state index in [0.717, 1.165) is 22.8 Å². The molecule has 0 atom stereocenters. The van der Waals surface area contributed by atoms with Gasteiger partial charge in [0.25, 0.3) is 0 Å². The minimum Gasteiger partial charge on any atom is -0.487 e. The summed E-state index contributed by atoms with van der Waals surface area (Å²) in [5.41, 5.74) is 3.37. The van der Waals surface area contributed by atoms with Crippen LogP contribution in [0.5, 0.6) is 5.75 Å². The van der Waals surface area contributed by atoms with Crippen molar-refractivity contribution in [3.05, 3.63) is 96.5 Å². The number of hydrogen-bond acceptors (Lipinski definition) is 8. The second-order valence-corrected chi connectivity index (χ2v) is 10.0. The van der Waals surface area contributed by atoms with Crippen molar-refractivity contribution in [3.8, 4) is 17.1 Å². The lowest BCUT2D eigenvalue weighted by Crippen LogP contribution is -2.11. The number of furan rings is 1. The fourth-order valence-corrected chi connectivity index (χ4v) is 4.32. The van der Waals surface area contributed by atoms with Crippen molar-refractivity contribution in [3.63, 3.8) is 0 Å². The molecule has 37 heavy (non-hydrogen) atoms. The number of rotatable bonds is 9. The number of hydrogen-bond donors (Lipinski definition) is 2. The summed E-state index contributed by atoms with van der Waals surface area (Å²) < 4.78 is 37.8. The van der Waals surface area contributed by atoms with Crippen LogP contribution in [0.25, 0.3) is 22.2 Å². The molecule has 0 aliphatic carbocycles. The third-order valence-electron chi connectivity index (χ3n) is 5.44. The van der Waals surface area contributed by atoms with E-state index in [0.29, 0.717) is 40.5 Å². The van der Waals surface area contributed by atoms with Gasteiger partial charge >= 0.3 is 0 Å². The lowest BCUT2D eigenvalue weighted by atomic mass is 10.1. The first-order valence-electron chi connectivity index (χ1n) is 11.2. The smallest absolute Gasteiger partial charge is 0.229 e. The zero-order chi connectivity index (χ0) is 25.8. The van der Waals surface area contributed by atoms with E-state index in [4.69, 9.17) is 9.15 Å². The first-order chi connectivity index (χ1) is 17.9. The van der Waals surface area contributed by atoms with Crippen LogP contribution in [-0.2, 0) is 16.6 Å². The second kappa shape index (κ2) is 10.1. The lowest BCUT2D eigenvalue weighted by molar-refractivity contribution is 0.110. The predicted molar refractivity (Wildman–Crippen MR) is 142 cm³/mol. The van der Waals surface area contributed by atoms with Crippen LogP contribution in [0.15, 0.2) is 89.6 Å². The molecule has 2 aromatic heterocycles. The molecule has 9 nitrogen and oxygen atoms in total. The maximum atomic E-state index is 11.9. The Morgan fingerprint density at radius 3 is 2.57 bits per heavy atom. The average molecular weight is 515 g/mol. The third kappa shape index (κ3) is 5.76. The van der Waals surface area contributed by atoms with Crippen molar-refractivity contribution in [2.75, 3.05) is 16.3 Å². The van der Waals surface area contributed by atoms with Gasteiger partial charge in [-0.15, -0.1) is 0 Å².